The minimum absolute atomic E-state index is 0.502. The SMILES string of the molecule is CCN(CC1CC1)c1cc(Cl)ccc1CNC(C)C. The van der Waals surface area contributed by atoms with Gasteiger partial charge in [-0.05, 0) is 43.4 Å². The fraction of sp³-hybridized carbons (Fsp3) is 0.625. The van der Waals surface area contributed by atoms with Gasteiger partial charge >= 0.3 is 0 Å². The number of halogens is 1. The first-order valence-corrected chi connectivity index (χ1v) is 7.74. The van der Waals surface area contributed by atoms with Crippen molar-refractivity contribution in [3.8, 4) is 0 Å². The number of hydrogen-bond acceptors (Lipinski definition) is 2. The van der Waals surface area contributed by atoms with Crippen molar-refractivity contribution in [2.45, 2.75) is 46.2 Å². The van der Waals surface area contributed by atoms with Crippen molar-refractivity contribution in [2.24, 2.45) is 5.92 Å². The molecule has 19 heavy (non-hydrogen) atoms. The number of rotatable bonds is 7. The Bertz CT molecular complexity index is 413. The Hall–Kier alpha value is -0.730. The van der Waals surface area contributed by atoms with Gasteiger partial charge in [0.05, 0.1) is 0 Å². The van der Waals surface area contributed by atoms with Crippen LogP contribution in [0, 0.1) is 5.92 Å². The molecular formula is C16H25ClN2. The van der Waals surface area contributed by atoms with Crippen LogP contribution in [0.3, 0.4) is 0 Å². The number of anilines is 1. The molecule has 2 nitrogen and oxygen atoms in total. The highest BCUT2D eigenvalue weighted by Gasteiger charge is 2.24. The topological polar surface area (TPSA) is 15.3 Å². The van der Waals surface area contributed by atoms with Gasteiger partial charge in [0.15, 0.2) is 0 Å². The van der Waals surface area contributed by atoms with E-state index in [0.29, 0.717) is 6.04 Å². The molecule has 0 saturated heterocycles. The third-order valence-corrected chi connectivity index (χ3v) is 3.88. The summed E-state index contributed by atoms with van der Waals surface area (Å²) < 4.78 is 0. The molecule has 0 radical (unpaired) electrons. The summed E-state index contributed by atoms with van der Waals surface area (Å²) in [6, 6.07) is 6.77. The molecule has 0 unspecified atom stereocenters. The van der Waals surface area contributed by atoms with Gasteiger partial charge in [0.2, 0.25) is 0 Å². The molecule has 0 spiro atoms. The van der Waals surface area contributed by atoms with E-state index in [4.69, 9.17) is 11.6 Å². The Morgan fingerprint density at radius 1 is 1.37 bits per heavy atom. The molecule has 1 saturated carbocycles. The Kier molecular flexibility index (Phi) is 5.12. The summed E-state index contributed by atoms with van der Waals surface area (Å²) in [4.78, 5) is 2.47. The predicted octanol–water partition coefficient (Wildman–Crippen LogP) is 4.07. The van der Waals surface area contributed by atoms with Gasteiger partial charge in [0, 0.05) is 36.4 Å². The molecular weight excluding hydrogens is 256 g/mol. The minimum Gasteiger partial charge on any atom is -0.371 e. The molecule has 1 aliphatic carbocycles. The van der Waals surface area contributed by atoms with Gasteiger partial charge in [0.1, 0.15) is 0 Å². The molecule has 1 fully saturated rings. The molecule has 0 bridgehead atoms. The molecule has 0 heterocycles. The molecule has 1 aromatic carbocycles. The summed E-state index contributed by atoms with van der Waals surface area (Å²) in [6.45, 7) is 9.71. The van der Waals surface area contributed by atoms with Crippen molar-refractivity contribution in [3.05, 3.63) is 28.8 Å². The van der Waals surface area contributed by atoms with E-state index in [-0.39, 0.29) is 0 Å². The highest BCUT2D eigenvalue weighted by molar-refractivity contribution is 6.30. The summed E-state index contributed by atoms with van der Waals surface area (Å²) >= 11 is 6.19. The number of hydrogen-bond donors (Lipinski definition) is 1. The first kappa shape index (κ1) is 14.7. The Balaban J connectivity index is 2.16. The van der Waals surface area contributed by atoms with E-state index < -0.39 is 0 Å². The van der Waals surface area contributed by atoms with Gasteiger partial charge in [-0.3, -0.25) is 0 Å². The molecule has 106 valence electrons. The molecule has 3 heteroatoms. The lowest BCUT2D eigenvalue weighted by molar-refractivity contribution is 0.587. The first-order chi connectivity index (χ1) is 9.10. The van der Waals surface area contributed by atoms with E-state index in [9.17, 15) is 0 Å². The van der Waals surface area contributed by atoms with E-state index in [1.165, 1.54) is 30.6 Å². The average Bonchev–Trinajstić information content (AvgIpc) is 3.18. The van der Waals surface area contributed by atoms with Crippen molar-refractivity contribution >= 4 is 17.3 Å². The molecule has 1 aromatic rings. The lowest BCUT2D eigenvalue weighted by Crippen LogP contribution is -2.28. The Morgan fingerprint density at radius 2 is 2.11 bits per heavy atom. The molecule has 2 rings (SSSR count). The maximum absolute atomic E-state index is 6.19. The van der Waals surface area contributed by atoms with Crippen LogP contribution in [0.4, 0.5) is 5.69 Å². The minimum atomic E-state index is 0.502. The summed E-state index contributed by atoms with van der Waals surface area (Å²) in [6.07, 6.45) is 2.77. The van der Waals surface area contributed by atoms with Crippen molar-refractivity contribution < 1.29 is 0 Å². The number of nitrogens with one attached hydrogen (secondary N) is 1. The molecule has 0 aromatic heterocycles. The zero-order valence-electron chi connectivity index (χ0n) is 12.2. The summed E-state index contributed by atoms with van der Waals surface area (Å²) in [5, 5.41) is 4.33. The fourth-order valence-corrected chi connectivity index (χ4v) is 2.47. The van der Waals surface area contributed by atoms with Crippen LogP contribution < -0.4 is 10.2 Å². The number of benzene rings is 1. The van der Waals surface area contributed by atoms with Gasteiger partial charge in [-0.15, -0.1) is 0 Å². The van der Waals surface area contributed by atoms with Crippen LogP contribution in [0.25, 0.3) is 0 Å². The molecule has 0 aliphatic heterocycles. The third-order valence-electron chi connectivity index (χ3n) is 3.65. The van der Waals surface area contributed by atoms with Gasteiger partial charge in [0.25, 0.3) is 0 Å². The van der Waals surface area contributed by atoms with Gasteiger partial charge in [-0.25, -0.2) is 0 Å². The third kappa shape index (κ3) is 4.39. The highest BCUT2D eigenvalue weighted by Crippen LogP contribution is 2.33. The Labute approximate surface area is 122 Å². The van der Waals surface area contributed by atoms with E-state index in [2.05, 4.69) is 43.1 Å². The van der Waals surface area contributed by atoms with E-state index in [0.717, 1.165) is 24.0 Å². The van der Waals surface area contributed by atoms with Crippen LogP contribution in [0.2, 0.25) is 5.02 Å². The second kappa shape index (κ2) is 6.62. The van der Waals surface area contributed by atoms with E-state index in [1.54, 1.807) is 0 Å². The van der Waals surface area contributed by atoms with Crippen molar-refractivity contribution in [3.63, 3.8) is 0 Å². The highest BCUT2D eigenvalue weighted by atomic mass is 35.5. The largest absolute Gasteiger partial charge is 0.371 e. The van der Waals surface area contributed by atoms with Gasteiger partial charge in [-0.2, -0.15) is 0 Å². The maximum atomic E-state index is 6.19. The summed E-state index contributed by atoms with van der Waals surface area (Å²) in [7, 11) is 0. The first-order valence-electron chi connectivity index (χ1n) is 7.37. The van der Waals surface area contributed by atoms with Gasteiger partial charge in [-0.1, -0.05) is 31.5 Å². The van der Waals surface area contributed by atoms with Crippen LogP contribution in [0.15, 0.2) is 18.2 Å². The van der Waals surface area contributed by atoms with Crippen molar-refractivity contribution in [1.29, 1.82) is 0 Å². The fourth-order valence-electron chi connectivity index (χ4n) is 2.30. The van der Waals surface area contributed by atoms with E-state index in [1.807, 2.05) is 6.07 Å². The van der Waals surface area contributed by atoms with Crippen LogP contribution in [0.1, 0.15) is 39.2 Å². The standard InChI is InChI=1S/C16H25ClN2/c1-4-19(11-13-5-6-13)16-9-15(17)8-7-14(16)10-18-12(2)3/h7-9,12-13,18H,4-6,10-11H2,1-3H3. The van der Waals surface area contributed by atoms with Gasteiger partial charge < -0.3 is 10.2 Å². The predicted molar refractivity (Wildman–Crippen MR) is 84.0 cm³/mol. The molecule has 1 aliphatic rings. The monoisotopic (exact) mass is 280 g/mol. The molecule has 1 N–H and O–H groups in total. The van der Waals surface area contributed by atoms with Crippen molar-refractivity contribution in [1.82, 2.24) is 5.32 Å². The normalized spacial score (nSPS) is 15.0. The summed E-state index contributed by atoms with van der Waals surface area (Å²) in [5.74, 6) is 0.893. The van der Waals surface area contributed by atoms with Crippen LogP contribution in [0.5, 0.6) is 0 Å². The quantitative estimate of drug-likeness (QED) is 0.810. The maximum Gasteiger partial charge on any atom is 0.0426 e. The smallest absolute Gasteiger partial charge is 0.0426 e. The van der Waals surface area contributed by atoms with E-state index >= 15 is 0 Å². The average molecular weight is 281 g/mol. The Morgan fingerprint density at radius 3 is 2.68 bits per heavy atom. The van der Waals surface area contributed by atoms with Crippen LogP contribution in [-0.4, -0.2) is 19.1 Å². The second-order valence-corrected chi connectivity index (χ2v) is 6.23. The number of nitrogens with zero attached hydrogens (tertiary/aromatic N) is 1. The lowest BCUT2D eigenvalue weighted by atomic mass is 10.1. The lowest BCUT2D eigenvalue weighted by Gasteiger charge is -2.26. The summed E-state index contributed by atoms with van der Waals surface area (Å²) in [5.41, 5.74) is 2.65. The molecule has 0 amide bonds. The zero-order valence-corrected chi connectivity index (χ0v) is 13.0. The molecule has 0 atom stereocenters. The zero-order chi connectivity index (χ0) is 13.8. The van der Waals surface area contributed by atoms with Crippen molar-refractivity contribution in [2.75, 3.05) is 18.0 Å². The second-order valence-electron chi connectivity index (χ2n) is 5.79. The van der Waals surface area contributed by atoms with Crippen LogP contribution >= 0.6 is 11.6 Å². The van der Waals surface area contributed by atoms with Crippen LogP contribution in [-0.2, 0) is 6.54 Å².